The smallest absolute Gasteiger partial charge is 0.241 e. The molecule has 0 spiro atoms. The van der Waals surface area contributed by atoms with Gasteiger partial charge in [-0.2, -0.15) is 0 Å². The first-order chi connectivity index (χ1) is 9.26. The summed E-state index contributed by atoms with van der Waals surface area (Å²) in [4.78, 5) is 0.399. The Bertz CT molecular complexity index is 594. The van der Waals surface area contributed by atoms with Crippen LogP contribution in [0.5, 0.6) is 0 Å². The largest absolute Gasteiger partial charge is 0.313 e. The molecular formula is C15H24N2O2S. The van der Waals surface area contributed by atoms with E-state index in [9.17, 15) is 8.42 Å². The standard InChI is InChI=1S/C15H24N2O2S/c1-5-16-10-12-7-6-11(2)13(8-12)20(18,19)17-14-9-15(14,3)4/h6-8,14,16-17H,5,9-10H2,1-4H3. The molecule has 2 rings (SSSR count). The molecular weight excluding hydrogens is 272 g/mol. The third-order valence-corrected chi connectivity index (χ3v) is 5.55. The molecule has 0 aromatic heterocycles. The zero-order valence-corrected chi connectivity index (χ0v) is 13.5. The number of benzene rings is 1. The van der Waals surface area contributed by atoms with Crippen molar-refractivity contribution in [3.05, 3.63) is 29.3 Å². The van der Waals surface area contributed by atoms with Gasteiger partial charge in [-0.25, -0.2) is 13.1 Å². The van der Waals surface area contributed by atoms with Crippen molar-refractivity contribution >= 4 is 10.0 Å². The van der Waals surface area contributed by atoms with Crippen LogP contribution < -0.4 is 10.0 Å². The maximum atomic E-state index is 12.5. The van der Waals surface area contributed by atoms with E-state index in [0.717, 1.165) is 24.1 Å². The molecule has 1 aromatic rings. The fourth-order valence-corrected chi connectivity index (χ4v) is 3.93. The molecule has 1 atom stereocenters. The maximum Gasteiger partial charge on any atom is 0.241 e. The third-order valence-electron chi connectivity index (χ3n) is 3.93. The topological polar surface area (TPSA) is 58.2 Å². The number of sulfonamides is 1. The molecule has 1 aromatic carbocycles. The van der Waals surface area contributed by atoms with Gasteiger partial charge in [0.1, 0.15) is 0 Å². The van der Waals surface area contributed by atoms with Crippen LogP contribution in [0.15, 0.2) is 23.1 Å². The Morgan fingerprint density at radius 2 is 2.00 bits per heavy atom. The molecule has 0 radical (unpaired) electrons. The second kappa shape index (κ2) is 5.47. The zero-order chi connectivity index (χ0) is 15.0. The van der Waals surface area contributed by atoms with Crippen molar-refractivity contribution in [1.82, 2.24) is 10.0 Å². The van der Waals surface area contributed by atoms with E-state index in [1.165, 1.54) is 0 Å². The summed E-state index contributed by atoms with van der Waals surface area (Å²) in [7, 11) is -3.42. The van der Waals surface area contributed by atoms with Gasteiger partial charge in [0.05, 0.1) is 4.90 Å². The average Bonchev–Trinajstić information content (AvgIpc) is 2.94. The summed E-state index contributed by atoms with van der Waals surface area (Å²) in [6.45, 7) is 9.58. The van der Waals surface area contributed by atoms with Crippen molar-refractivity contribution in [3.63, 3.8) is 0 Å². The van der Waals surface area contributed by atoms with Gasteiger partial charge in [-0.1, -0.05) is 32.9 Å². The lowest BCUT2D eigenvalue weighted by Crippen LogP contribution is -2.29. The van der Waals surface area contributed by atoms with Crippen molar-refractivity contribution in [3.8, 4) is 0 Å². The number of nitrogens with one attached hydrogen (secondary N) is 2. The van der Waals surface area contributed by atoms with Crippen LogP contribution in [-0.4, -0.2) is 21.0 Å². The fourth-order valence-electron chi connectivity index (χ4n) is 2.23. The van der Waals surface area contributed by atoms with Crippen LogP contribution in [0, 0.1) is 12.3 Å². The van der Waals surface area contributed by atoms with Gasteiger partial charge >= 0.3 is 0 Å². The van der Waals surface area contributed by atoms with Crippen LogP contribution in [0.4, 0.5) is 0 Å². The fraction of sp³-hybridized carbons (Fsp3) is 0.600. The minimum Gasteiger partial charge on any atom is -0.313 e. The normalized spacial score (nSPS) is 20.9. The molecule has 0 aliphatic heterocycles. The summed E-state index contributed by atoms with van der Waals surface area (Å²) in [6.07, 6.45) is 0.905. The molecule has 1 fully saturated rings. The summed E-state index contributed by atoms with van der Waals surface area (Å²) in [5, 5.41) is 3.21. The van der Waals surface area contributed by atoms with Gasteiger partial charge in [0.15, 0.2) is 0 Å². The molecule has 1 aliphatic rings. The number of aryl methyl sites for hydroxylation is 1. The minimum atomic E-state index is -3.42. The molecule has 0 heterocycles. The molecule has 0 saturated heterocycles. The van der Waals surface area contributed by atoms with E-state index in [0.29, 0.717) is 11.4 Å². The van der Waals surface area contributed by atoms with Crippen LogP contribution in [0.2, 0.25) is 0 Å². The Balaban J connectivity index is 2.21. The van der Waals surface area contributed by atoms with Gasteiger partial charge in [-0.15, -0.1) is 0 Å². The zero-order valence-electron chi connectivity index (χ0n) is 12.7. The molecule has 5 heteroatoms. The van der Waals surface area contributed by atoms with Gasteiger partial charge in [0.25, 0.3) is 0 Å². The van der Waals surface area contributed by atoms with E-state index in [4.69, 9.17) is 0 Å². The molecule has 1 aliphatic carbocycles. The van der Waals surface area contributed by atoms with E-state index < -0.39 is 10.0 Å². The second-order valence-electron chi connectivity index (χ2n) is 6.25. The lowest BCUT2D eigenvalue weighted by molar-refractivity contribution is 0.554. The van der Waals surface area contributed by atoms with Gasteiger partial charge in [0, 0.05) is 12.6 Å². The van der Waals surface area contributed by atoms with Crippen LogP contribution in [-0.2, 0) is 16.6 Å². The van der Waals surface area contributed by atoms with E-state index in [1.807, 2.05) is 26.0 Å². The van der Waals surface area contributed by atoms with Gasteiger partial charge in [-0.05, 0) is 42.5 Å². The average molecular weight is 296 g/mol. The van der Waals surface area contributed by atoms with Crippen LogP contribution in [0.3, 0.4) is 0 Å². The Labute approximate surface area is 122 Å². The number of hydrogen-bond acceptors (Lipinski definition) is 3. The molecule has 112 valence electrons. The molecule has 0 amide bonds. The predicted molar refractivity (Wildman–Crippen MR) is 81.1 cm³/mol. The predicted octanol–water partition coefficient (Wildman–Crippen LogP) is 2.18. The summed E-state index contributed by atoms with van der Waals surface area (Å²) >= 11 is 0. The third kappa shape index (κ3) is 3.40. The summed E-state index contributed by atoms with van der Waals surface area (Å²) in [6, 6.07) is 5.68. The summed E-state index contributed by atoms with van der Waals surface area (Å²) < 4.78 is 27.8. The number of rotatable bonds is 6. The highest BCUT2D eigenvalue weighted by molar-refractivity contribution is 7.89. The van der Waals surface area contributed by atoms with Gasteiger partial charge < -0.3 is 5.32 Å². The highest BCUT2D eigenvalue weighted by Gasteiger charge is 2.48. The van der Waals surface area contributed by atoms with E-state index in [-0.39, 0.29) is 11.5 Å². The monoisotopic (exact) mass is 296 g/mol. The molecule has 0 bridgehead atoms. The quantitative estimate of drug-likeness (QED) is 0.846. The number of hydrogen-bond donors (Lipinski definition) is 2. The van der Waals surface area contributed by atoms with E-state index in [1.54, 1.807) is 6.07 Å². The van der Waals surface area contributed by atoms with Crippen LogP contribution in [0.25, 0.3) is 0 Å². The van der Waals surface area contributed by atoms with Gasteiger partial charge in [0.2, 0.25) is 10.0 Å². The Morgan fingerprint density at radius 3 is 2.55 bits per heavy atom. The SMILES string of the molecule is CCNCc1ccc(C)c(S(=O)(=O)NC2CC2(C)C)c1. The summed E-state index contributed by atoms with van der Waals surface area (Å²) in [5.41, 5.74) is 1.87. The van der Waals surface area contributed by atoms with Crippen molar-refractivity contribution in [2.75, 3.05) is 6.54 Å². The molecule has 1 saturated carbocycles. The van der Waals surface area contributed by atoms with Crippen LogP contribution in [0.1, 0.15) is 38.3 Å². The van der Waals surface area contributed by atoms with E-state index in [2.05, 4.69) is 23.9 Å². The Hall–Kier alpha value is -0.910. The van der Waals surface area contributed by atoms with Crippen LogP contribution >= 0.6 is 0 Å². The Morgan fingerprint density at radius 1 is 1.35 bits per heavy atom. The van der Waals surface area contributed by atoms with Crippen molar-refractivity contribution in [2.24, 2.45) is 5.41 Å². The maximum absolute atomic E-state index is 12.5. The van der Waals surface area contributed by atoms with E-state index >= 15 is 0 Å². The van der Waals surface area contributed by atoms with Gasteiger partial charge in [-0.3, -0.25) is 0 Å². The molecule has 2 N–H and O–H groups in total. The van der Waals surface area contributed by atoms with Crippen molar-refractivity contribution in [1.29, 1.82) is 0 Å². The second-order valence-corrected chi connectivity index (χ2v) is 7.93. The lowest BCUT2D eigenvalue weighted by Gasteiger charge is -2.12. The lowest BCUT2D eigenvalue weighted by atomic mass is 10.1. The highest BCUT2D eigenvalue weighted by Crippen LogP contribution is 2.45. The minimum absolute atomic E-state index is 0.0596. The summed E-state index contributed by atoms with van der Waals surface area (Å²) in [5.74, 6) is 0. The molecule has 1 unspecified atom stereocenters. The van der Waals surface area contributed by atoms with Crippen molar-refractivity contribution in [2.45, 2.75) is 51.6 Å². The molecule has 4 nitrogen and oxygen atoms in total. The van der Waals surface area contributed by atoms with Crippen molar-refractivity contribution < 1.29 is 8.42 Å². The Kier molecular flexibility index (Phi) is 4.23. The first-order valence-electron chi connectivity index (χ1n) is 7.09. The first kappa shape index (κ1) is 15.5. The molecule has 20 heavy (non-hydrogen) atoms. The highest BCUT2D eigenvalue weighted by atomic mass is 32.2. The first-order valence-corrected chi connectivity index (χ1v) is 8.57.